The summed E-state index contributed by atoms with van der Waals surface area (Å²) in [4.78, 5) is 0. The second-order valence-electron chi connectivity index (χ2n) is 4.66. The van der Waals surface area contributed by atoms with E-state index in [9.17, 15) is 0 Å². The standard InChI is InChI=1S/C11H20O2/c1-12-10(5-3-4-6-10)9-11(13-2)7-8-11/h3-9H2,1-2H3. The molecule has 2 heteroatoms. The first kappa shape index (κ1) is 9.47. The SMILES string of the molecule is COC1(CC2(OC)CC2)CCCC1. The van der Waals surface area contributed by atoms with Crippen LogP contribution in [-0.2, 0) is 9.47 Å². The lowest BCUT2D eigenvalue weighted by atomic mass is 9.93. The number of hydrogen-bond donors (Lipinski definition) is 0. The Morgan fingerprint density at radius 1 is 0.846 bits per heavy atom. The van der Waals surface area contributed by atoms with Crippen molar-refractivity contribution in [1.29, 1.82) is 0 Å². The van der Waals surface area contributed by atoms with E-state index in [0.717, 1.165) is 6.42 Å². The molecule has 2 aliphatic carbocycles. The molecule has 0 aromatic rings. The van der Waals surface area contributed by atoms with E-state index in [0.29, 0.717) is 0 Å². The molecule has 2 aliphatic rings. The molecule has 0 N–H and O–H groups in total. The van der Waals surface area contributed by atoms with Gasteiger partial charge in [0.15, 0.2) is 0 Å². The van der Waals surface area contributed by atoms with Gasteiger partial charge in [-0.25, -0.2) is 0 Å². The quantitative estimate of drug-likeness (QED) is 0.668. The van der Waals surface area contributed by atoms with E-state index in [4.69, 9.17) is 9.47 Å². The zero-order valence-corrected chi connectivity index (χ0v) is 8.77. The van der Waals surface area contributed by atoms with Crippen molar-refractivity contribution < 1.29 is 9.47 Å². The maximum Gasteiger partial charge on any atom is 0.0708 e. The average Bonchev–Trinajstić information content (AvgIpc) is 2.77. The fourth-order valence-electron chi connectivity index (χ4n) is 2.65. The van der Waals surface area contributed by atoms with Crippen LogP contribution in [0.3, 0.4) is 0 Å². The summed E-state index contributed by atoms with van der Waals surface area (Å²) in [5.74, 6) is 0. The Morgan fingerprint density at radius 2 is 1.31 bits per heavy atom. The smallest absolute Gasteiger partial charge is 0.0708 e. The van der Waals surface area contributed by atoms with Crippen LogP contribution in [0.5, 0.6) is 0 Å². The lowest BCUT2D eigenvalue weighted by Crippen LogP contribution is -2.34. The third kappa shape index (κ3) is 1.75. The van der Waals surface area contributed by atoms with Crippen molar-refractivity contribution in [3.05, 3.63) is 0 Å². The molecule has 0 unspecified atom stereocenters. The molecule has 0 aromatic carbocycles. The number of hydrogen-bond acceptors (Lipinski definition) is 2. The third-order valence-electron chi connectivity index (χ3n) is 3.83. The minimum atomic E-state index is 0.159. The first-order valence-corrected chi connectivity index (χ1v) is 5.35. The van der Waals surface area contributed by atoms with Gasteiger partial charge in [0.25, 0.3) is 0 Å². The van der Waals surface area contributed by atoms with E-state index < -0.39 is 0 Å². The fraction of sp³-hybridized carbons (Fsp3) is 1.00. The Hall–Kier alpha value is -0.0800. The summed E-state index contributed by atoms with van der Waals surface area (Å²) < 4.78 is 11.3. The highest BCUT2D eigenvalue weighted by Gasteiger charge is 2.50. The molecule has 0 saturated heterocycles. The van der Waals surface area contributed by atoms with Gasteiger partial charge in [-0.2, -0.15) is 0 Å². The molecule has 2 saturated carbocycles. The molecule has 2 nitrogen and oxygen atoms in total. The Balaban J connectivity index is 1.97. The van der Waals surface area contributed by atoms with Crippen LogP contribution < -0.4 is 0 Å². The van der Waals surface area contributed by atoms with Gasteiger partial charge in [0.2, 0.25) is 0 Å². The van der Waals surface area contributed by atoms with Gasteiger partial charge in [-0.3, -0.25) is 0 Å². The van der Waals surface area contributed by atoms with Gasteiger partial charge in [-0.15, -0.1) is 0 Å². The van der Waals surface area contributed by atoms with Crippen LogP contribution in [0.4, 0.5) is 0 Å². The molecule has 76 valence electrons. The molecule has 0 radical (unpaired) electrons. The van der Waals surface area contributed by atoms with Crippen molar-refractivity contribution in [2.45, 2.75) is 56.1 Å². The Labute approximate surface area is 80.6 Å². The Bertz CT molecular complexity index is 179. The summed E-state index contributed by atoms with van der Waals surface area (Å²) in [6.45, 7) is 0. The highest BCUT2D eigenvalue weighted by Crippen LogP contribution is 2.50. The Kier molecular flexibility index (Phi) is 2.37. The molecule has 2 rings (SSSR count). The van der Waals surface area contributed by atoms with Crippen molar-refractivity contribution in [1.82, 2.24) is 0 Å². The van der Waals surface area contributed by atoms with E-state index in [2.05, 4.69) is 0 Å². The second kappa shape index (κ2) is 3.25. The predicted octanol–water partition coefficient (Wildman–Crippen LogP) is 2.51. The van der Waals surface area contributed by atoms with E-state index in [1.165, 1.54) is 38.5 Å². The molecule has 0 spiro atoms. The summed E-state index contributed by atoms with van der Waals surface area (Å²) in [6.07, 6.45) is 8.70. The summed E-state index contributed by atoms with van der Waals surface area (Å²) in [7, 11) is 3.70. The van der Waals surface area contributed by atoms with E-state index in [1.807, 2.05) is 14.2 Å². The van der Waals surface area contributed by atoms with Gasteiger partial charge < -0.3 is 9.47 Å². The number of rotatable bonds is 4. The van der Waals surface area contributed by atoms with Crippen molar-refractivity contribution in [2.24, 2.45) is 0 Å². The monoisotopic (exact) mass is 184 g/mol. The lowest BCUT2D eigenvalue weighted by molar-refractivity contribution is -0.0602. The van der Waals surface area contributed by atoms with Crippen LogP contribution >= 0.6 is 0 Å². The first-order valence-electron chi connectivity index (χ1n) is 5.35. The fourth-order valence-corrected chi connectivity index (χ4v) is 2.65. The molecule has 0 aliphatic heterocycles. The van der Waals surface area contributed by atoms with Crippen molar-refractivity contribution >= 4 is 0 Å². The van der Waals surface area contributed by atoms with Crippen molar-refractivity contribution in [3.63, 3.8) is 0 Å². The zero-order chi connectivity index (χ0) is 9.36. The second-order valence-corrected chi connectivity index (χ2v) is 4.66. The minimum absolute atomic E-state index is 0.159. The van der Waals surface area contributed by atoms with Gasteiger partial charge >= 0.3 is 0 Å². The molecule has 2 fully saturated rings. The van der Waals surface area contributed by atoms with Gasteiger partial charge in [0.1, 0.15) is 0 Å². The van der Waals surface area contributed by atoms with Gasteiger partial charge in [0.05, 0.1) is 11.2 Å². The molecule has 13 heavy (non-hydrogen) atoms. The van der Waals surface area contributed by atoms with Gasteiger partial charge in [-0.05, 0) is 25.7 Å². The normalized spacial score (nSPS) is 29.1. The van der Waals surface area contributed by atoms with E-state index in [-0.39, 0.29) is 11.2 Å². The topological polar surface area (TPSA) is 18.5 Å². The van der Waals surface area contributed by atoms with Crippen LogP contribution in [0.2, 0.25) is 0 Å². The highest BCUT2D eigenvalue weighted by molar-refractivity contribution is 5.03. The maximum atomic E-state index is 5.70. The van der Waals surface area contributed by atoms with Crippen LogP contribution in [0.15, 0.2) is 0 Å². The van der Waals surface area contributed by atoms with Crippen molar-refractivity contribution in [2.75, 3.05) is 14.2 Å². The van der Waals surface area contributed by atoms with Gasteiger partial charge in [0, 0.05) is 20.6 Å². The minimum Gasteiger partial charge on any atom is -0.378 e. The third-order valence-corrected chi connectivity index (χ3v) is 3.83. The van der Waals surface area contributed by atoms with Crippen LogP contribution in [-0.4, -0.2) is 25.4 Å². The predicted molar refractivity (Wildman–Crippen MR) is 51.8 cm³/mol. The van der Waals surface area contributed by atoms with Crippen LogP contribution in [0.25, 0.3) is 0 Å². The van der Waals surface area contributed by atoms with E-state index >= 15 is 0 Å². The molecular weight excluding hydrogens is 164 g/mol. The summed E-state index contributed by atoms with van der Waals surface area (Å²) in [5, 5.41) is 0. The molecular formula is C11H20O2. The maximum absolute atomic E-state index is 5.70. The zero-order valence-electron chi connectivity index (χ0n) is 8.77. The lowest BCUT2D eigenvalue weighted by Gasteiger charge is -2.31. The van der Waals surface area contributed by atoms with Gasteiger partial charge in [-0.1, -0.05) is 12.8 Å². The first-order chi connectivity index (χ1) is 6.24. The molecule has 0 amide bonds. The van der Waals surface area contributed by atoms with Crippen LogP contribution in [0.1, 0.15) is 44.9 Å². The molecule has 0 bridgehead atoms. The molecule has 0 aromatic heterocycles. The molecule has 0 heterocycles. The summed E-state index contributed by atoms with van der Waals surface area (Å²) >= 11 is 0. The summed E-state index contributed by atoms with van der Waals surface area (Å²) in [5.41, 5.74) is 0.354. The summed E-state index contributed by atoms with van der Waals surface area (Å²) in [6, 6.07) is 0. The number of methoxy groups -OCH3 is 2. The van der Waals surface area contributed by atoms with Crippen molar-refractivity contribution in [3.8, 4) is 0 Å². The Morgan fingerprint density at radius 3 is 1.69 bits per heavy atom. The van der Waals surface area contributed by atoms with E-state index in [1.54, 1.807) is 0 Å². The average molecular weight is 184 g/mol. The molecule has 0 atom stereocenters. The highest BCUT2D eigenvalue weighted by atomic mass is 16.5. The largest absolute Gasteiger partial charge is 0.378 e. The number of ether oxygens (including phenoxy) is 2. The van der Waals surface area contributed by atoms with Crippen LogP contribution in [0, 0.1) is 0 Å².